The highest BCUT2D eigenvalue weighted by Gasteiger charge is 2.02. The Labute approximate surface area is 90.2 Å². The minimum absolute atomic E-state index is 0. The molecular formula is C7H8MgO5. The van der Waals surface area contributed by atoms with Crippen LogP contribution in [0.1, 0.15) is 0 Å². The molecule has 0 saturated carbocycles. The molecule has 0 aliphatic heterocycles. The highest BCUT2D eigenvalue weighted by atomic mass is 24.3. The second-order valence-electron chi connectivity index (χ2n) is 1.62. The van der Waals surface area contributed by atoms with Crippen LogP contribution >= 0.6 is 0 Å². The van der Waals surface area contributed by atoms with Gasteiger partial charge in [-0.25, -0.2) is 14.4 Å². The third kappa shape index (κ3) is 8.77. The van der Waals surface area contributed by atoms with Gasteiger partial charge in [0.2, 0.25) is 0 Å². The van der Waals surface area contributed by atoms with E-state index in [-0.39, 0.29) is 23.1 Å². The van der Waals surface area contributed by atoms with Gasteiger partial charge in [0.05, 0.1) is 0 Å². The molecule has 0 aromatic carbocycles. The number of esters is 2. The van der Waals surface area contributed by atoms with Gasteiger partial charge in [0.1, 0.15) is 0 Å². The summed E-state index contributed by atoms with van der Waals surface area (Å²) in [5.74, 6) is -3.25. The highest BCUT2D eigenvalue weighted by Crippen LogP contribution is 1.84. The fourth-order valence-electron chi connectivity index (χ4n) is 0.314. The topological polar surface area (TPSA) is 80.7 Å². The number of carbonyl (C=O) groups excluding carboxylic acids is 2. The van der Waals surface area contributed by atoms with E-state index in [0.29, 0.717) is 12.2 Å². The van der Waals surface area contributed by atoms with Crippen molar-refractivity contribution in [3.63, 3.8) is 0 Å². The maximum absolute atomic E-state index is 10.5. The summed E-state index contributed by atoms with van der Waals surface area (Å²) in [7, 11) is 0. The van der Waals surface area contributed by atoms with E-state index in [1.807, 2.05) is 0 Å². The monoisotopic (exact) mass is 196 g/mol. The van der Waals surface area contributed by atoms with Crippen molar-refractivity contribution in [1.29, 1.82) is 0 Å². The van der Waals surface area contributed by atoms with E-state index in [2.05, 4.69) is 11.3 Å². The van der Waals surface area contributed by atoms with Crippen LogP contribution in [0.2, 0.25) is 0 Å². The molecule has 0 bridgehead atoms. The summed E-state index contributed by atoms with van der Waals surface area (Å²) in [5.41, 5.74) is 0. The lowest BCUT2D eigenvalue weighted by atomic mass is 10.5. The number of rotatable bonds is 3. The van der Waals surface area contributed by atoms with Crippen molar-refractivity contribution in [2.24, 2.45) is 0 Å². The zero-order chi connectivity index (χ0) is 9.56. The largest absolute Gasteiger partial charge is 0.478 e. The van der Waals surface area contributed by atoms with E-state index < -0.39 is 17.9 Å². The molecule has 0 aromatic heterocycles. The van der Waals surface area contributed by atoms with Crippen LogP contribution in [0.5, 0.6) is 0 Å². The molecule has 0 aliphatic carbocycles. The zero-order valence-corrected chi connectivity index (χ0v) is 6.02. The van der Waals surface area contributed by atoms with Crippen molar-refractivity contribution >= 4 is 41.0 Å². The summed E-state index contributed by atoms with van der Waals surface area (Å²) in [6.45, 7) is 3.04. The standard InChI is InChI=1S/C7H6O5.Mg.2H/c1-2-6(10)12-7(11)4-3-5(8)9;;;/h2-4H,1H2,(H,8,9);;;/b4-3-;;;. The van der Waals surface area contributed by atoms with Gasteiger partial charge >= 0.3 is 41.0 Å². The number of carboxylic acids is 1. The Morgan fingerprint density at radius 3 is 2.08 bits per heavy atom. The quantitative estimate of drug-likeness (QED) is 0.270. The number of aliphatic carboxylic acids is 1. The van der Waals surface area contributed by atoms with Gasteiger partial charge in [0, 0.05) is 18.2 Å². The number of hydrogen-bond donors (Lipinski definition) is 1. The molecule has 0 rings (SSSR count). The van der Waals surface area contributed by atoms with E-state index in [1.165, 1.54) is 0 Å². The molecule has 68 valence electrons. The molecular weight excluding hydrogens is 188 g/mol. The number of hydrogen-bond acceptors (Lipinski definition) is 4. The van der Waals surface area contributed by atoms with Crippen LogP contribution < -0.4 is 0 Å². The molecule has 0 saturated heterocycles. The number of ether oxygens (including phenoxy) is 1. The molecule has 5 nitrogen and oxygen atoms in total. The first-order valence-electron chi connectivity index (χ1n) is 2.85. The normalized spacial score (nSPS) is 8.62. The van der Waals surface area contributed by atoms with Gasteiger partial charge in [0.25, 0.3) is 0 Å². The molecule has 13 heavy (non-hydrogen) atoms. The first-order chi connectivity index (χ1) is 5.56. The third-order valence-corrected chi connectivity index (χ3v) is 0.730. The van der Waals surface area contributed by atoms with E-state index >= 15 is 0 Å². The molecule has 1 N–H and O–H groups in total. The molecule has 0 heterocycles. The smallest absolute Gasteiger partial charge is 0.338 e. The van der Waals surface area contributed by atoms with E-state index in [0.717, 1.165) is 6.08 Å². The minimum atomic E-state index is -1.29. The molecule has 0 aliphatic rings. The predicted octanol–water partition coefficient (Wildman–Crippen LogP) is -1.03. The molecule has 0 unspecified atom stereocenters. The summed E-state index contributed by atoms with van der Waals surface area (Å²) < 4.78 is 4.00. The third-order valence-electron chi connectivity index (χ3n) is 0.730. The van der Waals surface area contributed by atoms with E-state index in [4.69, 9.17) is 5.11 Å². The Morgan fingerprint density at radius 2 is 1.69 bits per heavy atom. The van der Waals surface area contributed by atoms with Gasteiger partial charge in [-0.15, -0.1) is 0 Å². The van der Waals surface area contributed by atoms with Crippen molar-refractivity contribution in [2.45, 2.75) is 0 Å². The summed E-state index contributed by atoms with van der Waals surface area (Å²) >= 11 is 0. The molecule has 0 amide bonds. The lowest BCUT2D eigenvalue weighted by molar-refractivity contribution is -0.152. The average molecular weight is 196 g/mol. The number of carboxylic acid groups (broad SMARTS) is 1. The number of carbonyl (C=O) groups is 3. The summed E-state index contributed by atoms with van der Waals surface area (Å²) in [5, 5.41) is 8.05. The Kier molecular flexibility index (Phi) is 8.30. The molecule has 0 aromatic rings. The Bertz CT molecular complexity index is 256. The second kappa shape index (κ2) is 7.50. The minimum Gasteiger partial charge on any atom is -0.478 e. The second-order valence-corrected chi connectivity index (χ2v) is 1.62. The zero-order valence-electron chi connectivity index (χ0n) is 6.02. The fraction of sp³-hybridized carbons (Fsp3) is 0. The molecule has 0 radical (unpaired) electrons. The average Bonchev–Trinajstić information content (AvgIpc) is 2.00. The van der Waals surface area contributed by atoms with E-state index in [9.17, 15) is 14.4 Å². The summed E-state index contributed by atoms with van der Waals surface area (Å²) in [4.78, 5) is 30.7. The van der Waals surface area contributed by atoms with Crippen LogP contribution in [0.3, 0.4) is 0 Å². The van der Waals surface area contributed by atoms with Crippen LogP contribution in [0.15, 0.2) is 24.8 Å². The van der Waals surface area contributed by atoms with Gasteiger partial charge < -0.3 is 9.84 Å². The molecule has 0 fully saturated rings. The van der Waals surface area contributed by atoms with Gasteiger partial charge in [-0.05, 0) is 0 Å². The first-order valence-corrected chi connectivity index (χ1v) is 2.85. The van der Waals surface area contributed by atoms with Crippen LogP contribution in [0.25, 0.3) is 0 Å². The Hall–Kier alpha value is -1.14. The predicted molar refractivity (Wildman–Crippen MR) is 46.6 cm³/mol. The van der Waals surface area contributed by atoms with Crippen molar-refractivity contribution in [1.82, 2.24) is 0 Å². The lowest BCUT2D eigenvalue weighted by Gasteiger charge is -1.91. The van der Waals surface area contributed by atoms with Crippen LogP contribution in [0.4, 0.5) is 0 Å². The Balaban J connectivity index is 0. The van der Waals surface area contributed by atoms with Gasteiger partial charge in [-0.1, -0.05) is 6.58 Å². The van der Waals surface area contributed by atoms with Crippen molar-refractivity contribution < 1.29 is 24.2 Å². The highest BCUT2D eigenvalue weighted by molar-refractivity contribution is 5.98. The molecule has 0 spiro atoms. The van der Waals surface area contributed by atoms with Crippen molar-refractivity contribution in [3.05, 3.63) is 24.8 Å². The van der Waals surface area contributed by atoms with Gasteiger partial charge in [0.15, 0.2) is 0 Å². The molecule has 6 heteroatoms. The maximum Gasteiger partial charge on any atom is 0.338 e. The van der Waals surface area contributed by atoms with Gasteiger partial charge in [-0.2, -0.15) is 0 Å². The van der Waals surface area contributed by atoms with Crippen LogP contribution in [0, 0.1) is 0 Å². The summed E-state index contributed by atoms with van der Waals surface area (Å²) in [6, 6.07) is 0. The van der Waals surface area contributed by atoms with Gasteiger partial charge in [-0.3, -0.25) is 0 Å². The molecule has 0 atom stereocenters. The van der Waals surface area contributed by atoms with Crippen LogP contribution in [-0.2, 0) is 19.1 Å². The summed E-state index contributed by atoms with van der Waals surface area (Å²) in [6.07, 6.45) is 1.99. The van der Waals surface area contributed by atoms with Crippen LogP contribution in [-0.4, -0.2) is 46.1 Å². The maximum atomic E-state index is 10.5. The van der Waals surface area contributed by atoms with Crippen molar-refractivity contribution in [3.8, 4) is 0 Å². The van der Waals surface area contributed by atoms with Crippen molar-refractivity contribution in [2.75, 3.05) is 0 Å². The Morgan fingerprint density at radius 1 is 1.15 bits per heavy atom. The van der Waals surface area contributed by atoms with E-state index in [1.54, 1.807) is 0 Å². The lowest BCUT2D eigenvalue weighted by Crippen LogP contribution is -2.07. The SMILES string of the molecule is C=CC(=O)OC(=O)/C=C\C(=O)O.[MgH2]. The fourth-order valence-corrected chi connectivity index (χ4v) is 0.314. The first kappa shape index (κ1) is 14.4.